The van der Waals surface area contributed by atoms with Crippen LogP contribution < -0.4 is 20.0 Å². The topological polar surface area (TPSA) is 90.4 Å². The molecule has 0 aliphatic carbocycles. The number of hydrogen-bond donors (Lipinski definition) is 1. The van der Waals surface area contributed by atoms with Crippen molar-refractivity contribution in [3.63, 3.8) is 0 Å². The van der Waals surface area contributed by atoms with Gasteiger partial charge in [0.2, 0.25) is 0 Å². The lowest BCUT2D eigenvalue weighted by Gasteiger charge is -2.24. The van der Waals surface area contributed by atoms with Gasteiger partial charge in [-0.25, -0.2) is 24.1 Å². The highest BCUT2D eigenvalue weighted by Gasteiger charge is 2.27. The number of nitrogens with one attached hydrogen (secondary N) is 1. The van der Waals surface area contributed by atoms with Crippen molar-refractivity contribution in [2.24, 2.45) is 0 Å². The molecule has 3 aromatic heterocycles. The number of fused-ring (bicyclic) bond motifs is 1. The fraction of sp³-hybridized carbons (Fsp3) is 0.348. The maximum atomic E-state index is 13.7. The van der Waals surface area contributed by atoms with Gasteiger partial charge in [0.25, 0.3) is 0 Å². The van der Waals surface area contributed by atoms with Crippen LogP contribution in [0.15, 0.2) is 49.1 Å². The van der Waals surface area contributed by atoms with Crippen molar-refractivity contribution < 1.29 is 9.18 Å². The van der Waals surface area contributed by atoms with Crippen molar-refractivity contribution >= 4 is 29.2 Å². The Kier molecular flexibility index (Phi) is 5.72. The largest absolute Gasteiger partial charge is 0.372 e. The molecule has 170 valence electrons. The highest BCUT2D eigenvalue weighted by atomic mass is 19.1. The van der Waals surface area contributed by atoms with Crippen LogP contribution in [0.2, 0.25) is 0 Å². The minimum absolute atomic E-state index is 0.307. The van der Waals surface area contributed by atoms with Gasteiger partial charge in [-0.1, -0.05) is 0 Å². The van der Waals surface area contributed by atoms with Crippen LogP contribution in [0.25, 0.3) is 11.3 Å². The van der Waals surface area contributed by atoms with Crippen LogP contribution in [0, 0.1) is 0 Å². The molecule has 3 aromatic rings. The van der Waals surface area contributed by atoms with Gasteiger partial charge in [-0.05, 0) is 37.1 Å². The third-order valence-electron chi connectivity index (χ3n) is 5.94. The Bertz CT molecular complexity index is 1140. The maximum absolute atomic E-state index is 13.7. The second kappa shape index (κ2) is 8.97. The summed E-state index contributed by atoms with van der Waals surface area (Å²) in [7, 11) is 2.00. The van der Waals surface area contributed by atoms with Gasteiger partial charge >= 0.3 is 6.03 Å². The Hall–Kier alpha value is -3.82. The number of pyridine rings is 2. The Morgan fingerprint density at radius 1 is 1.12 bits per heavy atom. The zero-order valence-electron chi connectivity index (χ0n) is 18.4. The van der Waals surface area contributed by atoms with Crippen LogP contribution in [-0.2, 0) is 0 Å². The summed E-state index contributed by atoms with van der Waals surface area (Å²) in [5.74, 6) is 1.70. The third kappa shape index (κ3) is 4.41. The first kappa shape index (κ1) is 21.0. The van der Waals surface area contributed by atoms with Crippen molar-refractivity contribution in [1.29, 1.82) is 0 Å². The zero-order valence-corrected chi connectivity index (χ0v) is 18.4. The molecule has 2 aliphatic rings. The van der Waals surface area contributed by atoms with E-state index in [4.69, 9.17) is 4.98 Å². The van der Waals surface area contributed by atoms with Gasteiger partial charge in [0, 0.05) is 50.8 Å². The molecule has 1 saturated heterocycles. The molecule has 2 aliphatic heterocycles. The number of nitrogens with zero attached hydrogens (tertiary/aromatic N) is 7. The molecule has 33 heavy (non-hydrogen) atoms. The molecule has 2 amide bonds. The molecular formula is C23H25FN8O. The van der Waals surface area contributed by atoms with Gasteiger partial charge in [0.05, 0.1) is 24.1 Å². The Labute approximate surface area is 191 Å². The molecule has 5 heterocycles. The monoisotopic (exact) mass is 448 g/mol. The van der Waals surface area contributed by atoms with Crippen molar-refractivity contribution in [2.75, 3.05) is 53.2 Å². The smallest absolute Gasteiger partial charge is 0.328 e. The first-order valence-corrected chi connectivity index (χ1v) is 11.0. The predicted octanol–water partition coefficient (Wildman–Crippen LogP) is 3.36. The van der Waals surface area contributed by atoms with Crippen molar-refractivity contribution in [1.82, 2.24) is 19.9 Å². The number of hydrogen-bond acceptors (Lipinski definition) is 7. The minimum atomic E-state index is -0.821. The summed E-state index contributed by atoms with van der Waals surface area (Å²) in [4.78, 5) is 36.3. The molecule has 0 saturated carbocycles. The minimum Gasteiger partial charge on any atom is -0.372 e. The summed E-state index contributed by atoms with van der Waals surface area (Å²) in [6, 6.07) is 7.43. The van der Waals surface area contributed by atoms with E-state index in [1.54, 1.807) is 17.3 Å². The average molecular weight is 449 g/mol. The Morgan fingerprint density at radius 3 is 2.82 bits per heavy atom. The van der Waals surface area contributed by atoms with Gasteiger partial charge in [0.1, 0.15) is 12.0 Å². The normalized spacial score (nSPS) is 18.1. The number of alkyl halides is 1. The number of urea groups is 1. The molecule has 10 heteroatoms. The highest BCUT2D eigenvalue weighted by molar-refractivity contribution is 6.02. The van der Waals surface area contributed by atoms with Gasteiger partial charge in [-0.2, -0.15) is 0 Å². The van der Waals surface area contributed by atoms with Crippen LogP contribution in [0.4, 0.5) is 32.3 Å². The van der Waals surface area contributed by atoms with E-state index in [1.807, 2.05) is 36.2 Å². The molecule has 9 nitrogen and oxygen atoms in total. The Morgan fingerprint density at radius 2 is 2.03 bits per heavy atom. The fourth-order valence-corrected chi connectivity index (χ4v) is 4.21. The van der Waals surface area contributed by atoms with Crippen molar-refractivity contribution in [2.45, 2.75) is 19.0 Å². The number of carbonyl (C=O) groups excluding carboxylic acids is 1. The van der Waals surface area contributed by atoms with Crippen LogP contribution in [0.5, 0.6) is 0 Å². The first-order chi connectivity index (χ1) is 16.1. The first-order valence-electron chi connectivity index (χ1n) is 11.0. The molecule has 0 bridgehead atoms. The molecule has 0 aromatic carbocycles. The van der Waals surface area contributed by atoms with Crippen LogP contribution >= 0.6 is 0 Å². The van der Waals surface area contributed by atoms with Gasteiger partial charge in [-0.3, -0.25) is 15.2 Å². The lowest BCUT2D eigenvalue weighted by atomic mass is 10.1. The number of aromatic nitrogens is 4. The number of halogens is 1. The SMILES string of the molecule is CN1CCCN(C(=O)Nc2cnccn2)c2nc(-c3ccnc(N4CC[C@@H](F)C4)c3)ccc21. The standard InChI is InChI=1S/C23H25FN8O/c1-30-10-2-11-32(23(33)29-20-14-25-8-9-26-20)22-19(30)4-3-18(28-22)16-5-7-27-21(13-16)31-12-6-17(24)15-31/h3-5,7-9,13-14,17H,2,6,10-12,15H2,1H3,(H,26,29,33)/t17-/m1/s1. The van der Waals surface area contributed by atoms with Gasteiger partial charge < -0.3 is 9.80 Å². The van der Waals surface area contributed by atoms with Crippen LogP contribution in [-0.4, -0.2) is 65.4 Å². The second-order valence-corrected chi connectivity index (χ2v) is 8.22. The van der Waals surface area contributed by atoms with E-state index in [1.165, 1.54) is 12.4 Å². The number of amides is 2. The second-order valence-electron chi connectivity index (χ2n) is 8.22. The van der Waals surface area contributed by atoms with Crippen LogP contribution in [0.3, 0.4) is 0 Å². The van der Waals surface area contributed by atoms with Crippen molar-refractivity contribution in [3.05, 3.63) is 49.1 Å². The van der Waals surface area contributed by atoms with E-state index < -0.39 is 6.17 Å². The number of anilines is 4. The molecule has 0 unspecified atom stereocenters. The summed E-state index contributed by atoms with van der Waals surface area (Å²) in [6.45, 7) is 2.33. The lowest BCUT2D eigenvalue weighted by molar-refractivity contribution is 0.256. The van der Waals surface area contributed by atoms with E-state index in [9.17, 15) is 9.18 Å². The van der Waals surface area contributed by atoms with E-state index in [0.29, 0.717) is 37.7 Å². The Balaban J connectivity index is 1.48. The summed E-state index contributed by atoms with van der Waals surface area (Å²) in [5, 5.41) is 2.81. The maximum Gasteiger partial charge on any atom is 0.328 e. The summed E-state index contributed by atoms with van der Waals surface area (Å²) < 4.78 is 13.7. The fourth-order valence-electron chi connectivity index (χ4n) is 4.21. The summed E-state index contributed by atoms with van der Waals surface area (Å²) in [6.07, 6.45) is 6.80. The van der Waals surface area contributed by atoms with Gasteiger partial charge in [-0.15, -0.1) is 0 Å². The van der Waals surface area contributed by atoms with E-state index in [0.717, 1.165) is 35.7 Å². The number of rotatable bonds is 3. The molecule has 0 spiro atoms. The predicted molar refractivity (Wildman–Crippen MR) is 125 cm³/mol. The number of carbonyl (C=O) groups is 1. The van der Waals surface area contributed by atoms with Crippen LogP contribution in [0.1, 0.15) is 12.8 Å². The van der Waals surface area contributed by atoms with Gasteiger partial charge in [0.15, 0.2) is 11.6 Å². The molecule has 0 radical (unpaired) electrons. The molecule has 1 atom stereocenters. The third-order valence-corrected chi connectivity index (χ3v) is 5.94. The van der Waals surface area contributed by atoms with Crippen molar-refractivity contribution in [3.8, 4) is 11.3 Å². The summed E-state index contributed by atoms with van der Waals surface area (Å²) >= 11 is 0. The molecule has 5 rings (SSSR count). The quantitative estimate of drug-likeness (QED) is 0.657. The zero-order chi connectivity index (χ0) is 22.8. The van der Waals surface area contributed by atoms with E-state index in [2.05, 4.69) is 25.2 Å². The van der Waals surface area contributed by atoms with E-state index in [-0.39, 0.29) is 6.03 Å². The lowest BCUT2D eigenvalue weighted by Crippen LogP contribution is -2.36. The highest BCUT2D eigenvalue weighted by Crippen LogP contribution is 2.34. The molecule has 1 N–H and O–H groups in total. The summed E-state index contributed by atoms with van der Waals surface area (Å²) in [5.41, 5.74) is 2.46. The molecule has 1 fully saturated rings. The molecular weight excluding hydrogens is 423 g/mol. The average Bonchev–Trinajstić information content (AvgIpc) is 3.21. The van der Waals surface area contributed by atoms with E-state index >= 15 is 0 Å².